The van der Waals surface area contributed by atoms with Crippen molar-refractivity contribution in [1.82, 2.24) is 4.90 Å². The van der Waals surface area contributed by atoms with E-state index in [1.54, 1.807) is 23.1 Å². The summed E-state index contributed by atoms with van der Waals surface area (Å²) in [5, 5.41) is 10.0. The molecule has 0 radical (unpaired) electrons. The van der Waals surface area contributed by atoms with Crippen LogP contribution in [0.5, 0.6) is 5.75 Å². The maximum Gasteiger partial charge on any atom is 0.410 e. The summed E-state index contributed by atoms with van der Waals surface area (Å²) in [4.78, 5) is 28.8. The number of carbonyl (C=O) groups excluding carboxylic acids is 2. The van der Waals surface area contributed by atoms with Crippen LogP contribution >= 0.6 is 11.6 Å². The van der Waals surface area contributed by atoms with E-state index in [-0.39, 0.29) is 16.9 Å². The molecule has 2 amide bonds. The van der Waals surface area contributed by atoms with Crippen molar-refractivity contribution in [2.24, 2.45) is 5.73 Å². The van der Waals surface area contributed by atoms with E-state index < -0.39 is 11.5 Å². The number of anilines is 1. The van der Waals surface area contributed by atoms with E-state index in [1.165, 1.54) is 6.07 Å². The van der Waals surface area contributed by atoms with Gasteiger partial charge < -0.3 is 25.4 Å². The average molecular weight is 520 g/mol. The lowest BCUT2D eigenvalue weighted by Gasteiger charge is -2.37. The lowest BCUT2D eigenvalue weighted by atomic mass is 9.94. The molecule has 1 aliphatic carbocycles. The van der Waals surface area contributed by atoms with Gasteiger partial charge in [-0.2, -0.15) is 0 Å². The van der Waals surface area contributed by atoms with Gasteiger partial charge in [-0.15, -0.1) is 0 Å². The molecule has 8 heteroatoms. The molecule has 0 spiro atoms. The zero-order valence-electron chi connectivity index (χ0n) is 21.2. The fourth-order valence-electron chi connectivity index (χ4n) is 5.03. The summed E-state index contributed by atoms with van der Waals surface area (Å²) in [5.74, 6) is -0.472. The van der Waals surface area contributed by atoms with Crippen LogP contribution in [0.4, 0.5) is 10.5 Å². The van der Waals surface area contributed by atoms with Gasteiger partial charge in [0.1, 0.15) is 11.4 Å². The second-order valence-corrected chi connectivity index (χ2v) is 11.0. The van der Waals surface area contributed by atoms with Gasteiger partial charge >= 0.3 is 6.09 Å². The molecule has 0 unspecified atom stereocenters. The van der Waals surface area contributed by atoms with Gasteiger partial charge in [0.2, 0.25) is 5.91 Å². The zero-order chi connectivity index (χ0) is 26.5. The van der Waals surface area contributed by atoms with Gasteiger partial charge in [0.25, 0.3) is 0 Å². The van der Waals surface area contributed by atoms with Crippen LogP contribution in [-0.2, 0) is 11.2 Å². The van der Waals surface area contributed by atoms with Gasteiger partial charge in [-0.05, 0) is 97.0 Å². The average Bonchev–Trinajstić information content (AvgIpc) is 3.22. The molecule has 1 saturated heterocycles. The molecule has 3 aromatic rings. The van der Waals surface area contributed by atoms with E-state index in [9.17, 15) is 14.7 Å². The van der Waals surface area contributed by atoms with E-state index in [4.69, 9.17) is 22.1 Å². The maximum atomic E-state index is 12.4. The third-order valence-electron chi connectivity index (χ3n) is 6.84. The van der Waals surface area contributed by atoms with Crippen molar-refractivity contribution in [2.45, 2.75) is 32.8 Å². The number of primary amides is 1. The number of benzene rings is 3. The van der Waals surface area contributed by atoms with Crippen LogP contribution in [0, 0.1) is 0 Å². The number of hydrogen-bond acceptors (Lipinski definition) is 5. The Bertz CT molecular complexity index is 1400. The standard InChI is InChI=1S/C29H30ClN3O4/c1-29(2,3)37-28(36)33-10-8-32(9-11-33)20-5-6-21-19(12-20)15-23-22(21)13-18(14-24(23)27(31)35)17-4-7-26(34)25(30)16-17/h4-7,12-14,16,34H,8-11,15H2,1-3H3,(H2,31,35). The van der Waals surface area contributed by atoms with E-state index in [0.717, 1.165) is 39.1 Å². The van der Waals surface area contributed by atoms with Gasteiger partial charge in [0.15, 0.2) is 0 Å². The van der Waals surface area contributed by atoms with Crippen molar-refractivity contribution in [1.29, 1.82) is 0 Å². The third-order valence-corrected chi connectivity index (χ3v) is 7.14. The van der Waals surface area contributed by atoms with E-state index >= 15 is 0 Å². The highest BCUT2D eigenvalue weighted by atomic mass is 35.5. The van der Waals surface area contributed by atoms with Crippen LogP contribution in [0.3, 0.4) is 0 Å². The van der Waals surface area contributed by atoms with Crippen LogP contribution in [-0.4, -0.2) is 53.8 Å². The Balaban J connectivity index is 1.40. The highest BCUT2D eigenvalue weighted by Gasteiger charge is 2.28. The Morgan fingerprint density at radius 2 is 1.68 bits per heavy atom. The number of ether oxygens (including phenoxy) is 1. The highest BCUT2D eigenvalue weighted by Crippen LogP contribution is 2.43. The second kappa shape index (κ2) is 9.30. The smallest absolute Gasteiger partial charge is 0.410 e. The maximum absolute atomic E-state index is 12.4. The number of nitrogens with zero attached hydrogens (tertiary/aromatic N) is 2. The minimum atomic E-state index is -0.513. The van der Waals surface area contributed by atoms with Gasteiger partial charge in [0, 0.05) is 37.4 Å². The van der Waals surface area contributed by atoms with Crippen LogP contribution < -0.4 is 10.6 Å². The number of fused-ring (bicyclic) bond motifs is 3. The Hall–Kier alpha value is -3.71. The molecule has 3 aromatic carbocycles. The number of hydrogen-bond donors (Lipinski definition) is 2. The first-order chi connectivity index (χ1) is 17.5. The number of aromatic hydroxyl groups is 1. The van der Waals surface area contributed by atoms with Gasteiger partial charge in [-0.25, -0.2) is 4.79 Å². The second-order valence-electron chi connectivity index (χ2n) is 10.6. The molecular weight excluding hydrogens is 490 g/mol. The summed E-state index contributed by atoms with van der Waals surface area (Å²) in [7, 11) is 0. The van der Waals surface area contributed by atoms with Crippen LogP contribution in [0.15, 0.2) is 48.5 Å². The fraction of sp³-hybridized carbons (Fsp3) is 0.310. The molecule has 1 fully saturated rings. The number of nitrogens with two attached hydrogens (primary N) is 1. The van der Waals surface area contributed by atoms with E-state index in [2.05, 4.69) is 29.2 Å². The van der Waals surface area contributed by atoms with Crippen molar-refractivity contribution in [3.05, 3.63) is 70.2 Å². The molecule has 0 saturated carbocycles. The van der Waals surface area contributed by atoms with E-state index in [0.29, 0.717) is 38.2 Å². The lowest BCUT2D eigenvalue weighted by molar-refractivity contribution is 0.0240. The number of piperazine rings is 1. The normalized spacial score (nSPS) is 14.8. The van der Waals surface area contributed by atoms with E-state index in [1.807, 2.05) is 20.8 Å². The Morgan fingerprint density at radius 1 is 0.946 bits per heavy atom. The highest BCUT2D eigenvalue weighted by molar-refractivity contribution is 6.32. The van der Waals surface area contributed by atoms with Gasteiger partial charge in [-0.3, -0.25) is 4.79 Å². The van der Waals surface area contributed by atoms with Crippen molar-refractivity contribution in [2.75, 3.05) is 31.1 Å². The fourth-order valence-corrected chi connectivity index (χ4v) is 5.21. The third kappa shape index (κ3) is 4.96. The predicted molar refractivity (Wildman–Crippen MR) is 145 cm³/mol. The SMILES string of the molecule is CC(C)(C)OC(=O)N1CCN(c2ccc3c(c2)Cc2c(C(N)=O)cc(-c4ccc(O)c(Cl)c4)cc2-3)CC1. The first kappa shape index (κ1) is 25.0. The first-order valence-corrected chi connectivity index (χ1v) is 12.7. The summed E-state index contributed by atoms with van der Waals surface area (Å²) in [5.41, 5.74) is 12.5. The van der Waals surface area contributed by atoms with Crippen LogP contribution in [0.1, 0.15) is 42.3 Å². The molecule has 0 bridgehead atoms. The molecule has 3 N–H and O–H groups in total. The monoisotopic (exact) mass is 519 g/mol. The Labute approximate surface area is 221 Å². The molecule has 1 aliphatic heterocycles. The number of halogens is 1. The summed E-state index contributed by atoms with van der Waals surface area (Å²) >= 11 is 6.14. The molecule has 192 valence electrons. The summed E-state index contributed by atoms with van der Waals surface area (Å²) in [6, 6.07) is 15.2. The number of carbonyl (C=O) groups is 2. The zero-order valence-corrected chi connectivity index (χ0v) is 21.9. The largest absolute Gasteiger partial charge is 0.506 e. The molecule has 5 rings (SSSR count). The van der Waals surface area contributed by atoms with Crippen molar-refractivity contribution < 1.29 is 19.4 Å². The molecule has 0 aromatic heterocycles. The number of phenols is 1. The molecule has 0 atom stereocenters. The minimum absolute atomic E-state index is 0.00602. The van der Waals surface area contributed by atoms with Crippen molar-refractivity contribution in [3.8, 4) is 28.0 Å². The number of phenolic OH excluding ortho intramolecular Hbond substituents is 1. The Kier molecular flexibility index (Phi) is 6.28. The summed E-state index contributed by atoms with van der Waals surface area (Å²) < 4.78 is 5.51. The lowest BCUT2D eigenvalue weighted by Crippen LogP contribution is -2.50. The molecule has 2 aliphatic rings. The van der Waals surface area contributed by atoms with Crippen molar-refractivity contribution in [3.63, 3.8) is 0 Å². The Morgan fingerprint density at radius 3 is 2.32 bits per heavy atom. The molecule has 7 nitrogen and oxygen atoms in total. The molecular formula is C29H30ClN3O4. The predicted octanol–water partition coefficient (Wildman–Crippen LogP) is 5.44. The van der Waals surface area contributed by atoms with Gasteiger partial charge in [0.05, 0.1) is 5.02 Å². The summed E-state index contributed by atoms with van der Waals surface area (Å²) in [6.45, 7) is 8.22. The quantitative estimate of drug-likeness (QED) is 0.376. The minimum Gasteiger partial charge on any atom is -0.506 e. The van der Waals surface area contributed by atoms with Crippen molar-refractivity contribution >= 4 is 29.3 Å². The number of rotatable bonds is 3. The molecule has 1 heterocycles. The molecule has 37 heavy (non-hydrogen) atoms. The van der Waals surface area contributed by atoms with Crippen LogP contribution in [0.25, 0.3) is 22.3 Å². The number of amides is 2. The van der Waals surface area contributed by atoms with Crippen LogP contribution in [0.2, 0.25) is 5.02 Å². The topological polar surface area (TPSA) is 96.1 Å². The van der Waals surface area contributed by atoms with Gasteiger partial charge in [-0.1, -0.05) is 23.7 Å². The summed E-state index contributed by atoms with van der Waals surface area (Å²) in [6.07, 6.45) is 0.340. The first-order valence-electron chi connectivity index (χ1n) is 12.3.